The molecule has 0 aromatic carbocycles. The van der Waals surface area contributed by atoms with Crippen molar-refractivity contribution in [3.8, 4) is 0 Å². The van der Waals surface area contributed by atoms with E-state index in [-0.39, 0.29) is 0 Å². The number of hydrogen-bond donors (Lipinski definition) is 2. The number of methoxy groups -OCH3 is 1. The maximum absolute atomic E-state index is 5.42. The fourth-order valence-corrected chi connectivity index (χ4v) is 2.14. The van der Waals surface area contributed by atoms with Crippen molar-refractivity contribution in [2.75, 3.05) is 79.4 Å². The lowest BCUT2D eigenvalue weighted by atomic mass is 10.3. The molecule has 1 rings (SSSR count). The molecule has 1 aliphatic heterocycles. The summed E-state index contributed by atoms with van der Waals surface area (Å²) in [6.07, 6.45) is 1.07. The van der Waals surface area contributed by atoms with Crippen molar-refractivity contribution in [3.63, 3.8) is 0 Å². The van der Waals surface area contributed by atoms with Gasteiger partial charge in [0.25, 0.3) is 0 Å². The number of nitrogens with zero attached hydrogens (tertiary/aromatic N) is 2. The summed E-state index contributed by atoms with van der Waals surface area (Å²) in [6.45, 7) is 11.3. The van der Waals surface area contributed by atoms with Gasteiger partial charge in [-0.1, -0.05) is 0 Å². The van der Waals surface area contributed by atoms with E-state index >= 15 is 0 Å². The van der Waals surface area contributed by atoms with E-state index in [2.05, 4.69) is 27.4 Å². The molecule has 0 atom stereocenters. The number of guanidine groups is 1. The molecular weight excluding hydrogens is 284 g/mol. The van der Waals surface area contributed by atoms with Crippen LogP contribution in [0.2, 0.25) is 0 Å². The van der Waals surface area contributed by atoms with Crippen LogP contribution < -0.4 is 10.6 Å². The van der Waals surface area contributed by atoms with Crippen LogP contribution in [0.15, 0.2) is 4.99 Å². The van der Waals surface area contributed by atoms with E-state index in [0.29, 0.717) is 19.8 Å². The van der Waals surface area contributed by atoms with Crippen molar-refractivity contribution in [2.45, 2.75) is 13.3 Å². The number of rotatable bonds is 11. The Morgan fingerprint density at radius 3 is 2.73 bits per heavy atom. The standard InChI is InChI=1S/C15H32N4O3/c1-3-16-15(18-6-10-21-14-13-20-2)17-5-4-7-19-8-11-22-12-9-19/h3-14H2,1-2H3,(H2,16,17,18). The lowest BCUT2D eigenvalue weighted by molar-refractivity contribution is 0.0377. The molecule has 2 N–H and O–H groups in total. The molecule has 0 bridgehead atoms. The Morgan fingerprint density at radius 2 is 2.00 bits per heavy atom. The van der Waals surface area contributed by atoms with Gasteiger partial charge in [0.15, 0.2) is 5.96 Å². The Kier molecular flexibility index (Phi) is 12.0. The Bertz CT molecular complexity index is 284. The molecule has 1 saturated heterocycles. The second-order valence-electron chi connectivity index (χ2n) is 5.10. The topological polar surface area (TPSA) is 67.4 Å². The largest absolute Gasteiger partial charge is 0.382 e. The molecule has 130 valence electrons. The van der Waals surface area contributed by atoms with Gasteiger partial charge in [0, 0.05) is 46.4 Å². The SMILES string of the molecule is CCNC(=NCCCN1CCOCC1)NCCOCCOC. The zero-order chi connectivity index (χ0) is 15.9. The highest BCUT2D eigenvalue weighted by Gasteiger charge is 2.08. The molecule has 7 heteroatoms. The fraction of sp³-hybridized carbons (Fsp3) is 0.933. The van der Waals surface area contributed by atoms with Crippen LogP contribution in [0.25, 0.3) is 0 Å². The third-order valence-corrected chi connectivity index (χ3v) is 3.32. The summed E-state index contributed by atoms with van der Waals surface area (Å²) in [5.41, 5.74) is 0. The van der Waals surface area contributed by atoms with Gasteiger partial charge in [-0.15, -0.1) is 0 Å². The smallest absolute Gasteiger partial charge is 0.191 e. The summed E-state index contributed by atoms with van der Waals surface area (Å²) in [5.74, 6) is 0.861. The molecule has 22 heavy (non-hydrogen) atoms. The molecule has 0 unspecified atom stereocenters. The van der Waals surface area contributed by atoms with E-state index in [9.17, 15) is 0 Å². The van der Waals surface area contributed by atoms with Gasteiger partial charge < -0.3 is 24.8 Å². The van der Waals surface area contributed by atoms with Crippen LogP contribution in [0.4, 0.5) is 0 Å². The highest BCUT2D eigenvalue weighted by atomic mass is 16.5. The quantitative estimate of drug-likeness (QED) is 0.316. The molecule has 1 heterocycles. The maximum Gasteiger partial charge on any atom is 0.191 e. The molecule has 0 amide bonds. The van der Waals surface area contributed by atoms with Crippen LogP contribution in [0.3, 0.4) is 0 Å². The second-order valence-corrected chi connectivity index (χ2v) is 5.10. The van der Waals surface area contributed by atoms with Crippen molar-refractivity contribution >= 4 is 5.96 Å². The average Bonchev–Trinajstić information content (AvgIpc) is 2.55. The van der Waals surface area contributed by atoms with E-state index < -0.39 is 0 Å². The number of morpholine rings is 1. The lowest BCUT2D eigenvalue weighted by Gasteiger charge is -2.26. The van der Waals surface area contributed by atoms with Gasteiger partial charge in [-0.2, -0.15) is 0 Å². The summed E-state index contributed by atoms with van der Waals surface area (Å²) in [5, 5.41) is 6.52. The Balaban J connectivity index is 2.09. The van der Waals surface area contributed by atoms with E-state index in [0.717, 1.165) is 64.9 Å². The fourth-order valence-electron chi connectivity index (χ4n) is 2.14. The van der Waals surface area contributed by atoms with Gasteiger partial charge in [-0.05, 0) is 13.3 Å². The first-order chi connectivity index (χ1) is 10.9. The van der Waals surface area contributed by atoms with Crippen LogP contribution in [0.1, 0.15) is 13.3 Å². The van der Waals surface area contributed by atoms with Crippen molar-refractivity contribution in [2.24, 2.45) is 4.99 Å². The van der Waals surface area contributed by atoms with E-state index in [1.54, 1.807) is 7.11 Å². The summed E-state index contributed by atoms with van der Waals surface area (Å²) in [4.78, 5) is 7.02. The normalized spacial score (nSPS) is 16.7. The van der Waals surface area contributed by atoms with Crippen molar-refractivity contribution in [1.29, 1.82) is 0 Å². The van der Waals surface area contributed by atoms with Gasteiger partial charge in [-0.3, -0.25) is 9.89 Å². The molecule has 0 aromatic heterocycles. The molecular formula is C15H32N4O3. The predicted molar refractivity (Wildman–Crippen MR) is 88.6 cm³/mol. The van der Waals surface area contributed by atoms with Gasteiger partial charge in [0.05, 0.1) is 33.0 Å². The summed E-state index contributed by atoms with van der Waals surface area (Å²) >= 11 is 0. The third kappa shape index (κ3) is 9.94. The zero-order valence-corrected chi connectivity index (χ0v) is 14.1. The molecule has 0 spiro atoms. The van der Waals surface area contributed by atoms with Crippen LogP contribution in [0.5, 0.6) is 0 Å². The summed E-state index contributed by atoms with van der Waals surface area (Å²) in [7, 11) is 1.68. The first-order valence-corrected chi connectivity index (χ1v) is 8.25. The van der Waals surface area contributed by atoms with Gasteiger partial charge in [0.2, 0.25) is 0 Å². The minimum absolute atomic E-state index is 0.630. The van der Waals surface area contributed by atoms with Crippen molar-refractivity contribution < 1.29 is 14.2 Å². The van der Waals surface area contributed by atoms with E-state index in [4.69, 9.17) is 14.2 Å². The minimum Gasteiger partial charge on any atom is -0.382 e. The highest BCUT2D eigenvalue weighted by Crippen LogP contribution is 1.97. The Labute approximate surface area is 134 Å². The second kappa shape index (κ2) is 13.8. The summed E-state index contributed by atoms with van der Waals surface area (Å²) < 4.78 is 15.7. The number of aliphatic imine (C=N–C) groups is 1. The van der Waals surface area contributed by atoms with Crippen LogP contribution in [-0.2, 0) is 14.2 Å². The molecule has 1 aliphatic rings. The zero-order valence-electron chi connectivity index (χ0n) is 14.1. The number of hydrogen-bond acceptors (Lipinski definition) is 5. The first kappa shape index (κ1) is 19.2. The monoisotopic (exact) mass is 316 g/mol. The Morgan fingerprint density at radius 1 is 1.18 bits per heavy atom. The summed E-state index contributed by atoms with van der Waals surface area (Å²) in [6, 6.07) is 0. The van der Waals surface area contributed by atoms with Crippen LogP contribution in [0, 0.1) is 0 Å². The van der Waals surface area contributed by atoms with E-state index in [1.807, 2.05) is 0 Å². The number of nitrogens with one attached hydrogen (secondary N) is 2. The van der Waals surface area contributed by atoms with Crippen LogP contribution in [-0.4, -0.2) is 90.3 Å². The number of ether oxygens (including phenoxy) is 3. The molecule has 1 fully saturated rings. The molecule has 0 aromatic rings. The third-order valence-electron chi connectivity index (χ3n) is 3.32. The van der Waals surface area contributed by atoms with Crippen LogP contribution >= 0.6 is 0 Å². The van der Waals surface area contributed by atoms with Crippen molar-refractivity contribution in [3.05, 3.63) is 0 Å². The predicted octanol–water partition coefficient (Wildman–Crippen LogP) is -0.0732. The van der Waals surface area contributed by atoms with Gasteiger partial charge in [-0.25, -0.2) is 0 Å². The average molecular weight is 316 g/mol. The Hall–Kier alpha value is -0.890. The molecule has 7 nitrogen and oxygen atoms in total. The van der Waals surface area contributed by atoms with Gasteiger partial charge in [0.1, 0.15) is 0 Å². The molecule has 0 saturated carbocycles. The first-order valence-electron chi connectivity index (χ1n) is 8.25. The molecule has 0 aliphatic carbocycles. The van der Waals surface area contributed by atoms with Crippen molar-refractivity contribution in [1.82, 2.24) is 15.5 Å². The van der Waals surface area contributed by atoms with E-state index in [1.165, 1.54) is 0 Å². The maximum atomic E-state index is 5.42. The highest BCUT2D eigenvalue weighted by molar-refractivity contribution is 5.79. The van der Waals surface area contributed by atoms with Gasteiger partial charge >= 0.3 is 0 Å². The lowest BCUT2D eigenvalue weighted by Crippen LogP contribution is -2.39. The minimum atomic E-state index is 0.630. The molecule has 0 radical (unpaired) electrons.